The van der Waals surface area contributed by atoms with Gasteiger partial charge in [0, 0.05) is 33.7 Å². The average molecular weight is 363 g/mol. The zero-order valence-corrected chi connectivity index (χ0v) is 14.1. The number of nitrogens with one attached hydrogen (secondary N) is 1. The predicted molar refractivity (Wildman–Crippen MR) is 93.2 cm³/mol. The van der Waals surface area contributed by atoms with Crippen molar-refractivity contribution >= 4 is 40.0 Å². The first-order valence-electron chi connectivity index (χ1n) is 7.57. The largest absolute Gasteiger partial charge is 0.357 e. The van der Waals surface area contributed by atoms with Crippen molar-refractivity contribution in [1.29, 1.82) is 0 Å². The number of halogens is 3. The highest BCUT2D eigenvalue weighted by atomic mass is 35.5. The Morgan fingerprint density at radius 1 is 1.21 bits per heavy atom. The summed E-state index contributed by atoms with van der Waals surface area (Å²) < 4.78 is 14.3. The summed E-state index contributed by atoms with van der Waals surface area (Å²) >= 11 is 11.9. The van der Waals surface area contributed by atoms with Gasteiger partial charge in [0.2, 0.25) is 0 Å². The van der Waals surface area contributed by atoms with Gasteiger partial charge < -0.3 is 9.88 Å². The normalized spacial score (nSPS) is 14.0. The van der Waals surface area contributed by atoms with Gasteiger partial charge in [-0.05, 0) is 42.3 Å². The van der Waals surface area contributed by atoms with E-state index in [1.165, 1.54) is 6.07 Å². The molecule has 122 valence electrons. The Labute approximate surface area is 148 Å². The van der Waals surface area contributed by atoms with Crippen LogP contribution >= 0.6 is 23.2 Å². The first-order chi connectivity index (χ1) is 11.5. The van der Waals surface area contributed by atoms with E-state index in [0.717, 1.165) is 11.3 Å². The van der Waals surface area contributed by atoms with Gasteiger partial charge in [-0.25, -0.2) is 4.39 Å². The van der Waals surface area contributed by atoms with Crippen molar-refractivity contribution < 1.29 is 9.18 Å². The molecule has 0 saturated heterocycles. The van der Waals surface area contributed by atoms with Crippen molar-refractivity contribution in [1.82, 2.24) is 9.88 Å². The van der Waals surface area contributed by atoms with E-state index in [4.69, 9.17) is 23.2 Å². The van der Waals surface area contributed by atoms with Crippen LogP contribution in [-0.4, -0.2) is 22.3 Å². The molecule has 0 radical (unpaired) electrons. The number of hydrogen-bond donors (Lipinski definition) is 1. The summed E-state index contributed by atoms with van der Waals surface area (Å²) in [4.78, 5) is 17.6. The van der Waals surface area contributed by atoms with Gasteiger partial charge in [0.1, 0.15) is 0 Å². The molecule has 24 heavy (non-hydrogen) atoms. The van der Waals surface area contributed by atoms with Crippen LogP contribution in [-0.2, 0) is 13.0 Å². The third kappa shape index (κ3) is 2.46. The molecule has 1 aliphatic rings. The fraction of sp³-hybridized carbons (Fsp3) is 0.167. The molecule has 0 atom stereocenters. The highest BCUT2D eigenvalue weighted by Crippen LogP contribution is 2.33. The first-order valence-corrected chi connectivity index (χ1v) is 8.32. The van der Waals surface area contributed by atoms with Crippen LogP contribution in [0, 0.1) is 5.82 Å². The number of nitrogens with zero attached hydrogens (tertiary/aromatic N) is 1. The van der Waals surface area contributed by atoms with E-state index < -0.39 is 5.82 Å². The van der Waals surface area contributed by atoms with Gasteiger partial charge in [-0.1, -0.05) is 29.3 Å². The molecule has 0 saturated carbocycles. The summed E-state index contributed by atoms with van der Waals surface area (Å²) in [7, 11) is 0. The molecule has 3 aromatic rings. The molecule has 6 heteroatoms. The Bertz CT molecular complexity index is 967. The summed E-state index contributed by atoms with van der Waals surface area (Å²) in [5.41, 5.74) is 3.02. The number of aromatic nitrogens is 1. The maximum absolute atomic E-state index is 14.3. The van der Waals surface area contributed by atoms with E-state index in [-0.39, 0.29) is 10.9 Å². The van der Waals surface area contributed by atoms with E-state index in [2.05, 4.69) is 4.98 Å². The first kappa shape index (κ1) is 15.5. The van der Waals surface area contributed by atoms with Gasteiger partial charge in [0.05, 0.1) is 11.6 Å². The zero-order valence-electron chi connectivity index (χ0n) is 12.6. The fourth-order valence-electron chi connectivity index (χ4n) is 3.24. The molecule has 4 rings (SSSR count). The van der Waals surface area contributed by atoms with Crippen LogP contribution in [0.25, 0.3) is 10.9 Å². The van der Waals surface area contributed by atoms with Crippen molar-refractivity contribution in [3.05, 3.63) is 69.1 Å². The van der Waals surface area contributed by atoms with Crippen molar-refractivity contribution in [2.45, 2.75) is 13.0 Å². The minimum Gasteiger partial charge on any atom is -0.357 e. The van der Waals surface area contributed by atoms with Crippen LogP contribution < -0.4 is 0 Å². The SMILES string of the molecule is O=C(c1cccc(Cl)c1)N1CCc2c([nH]c3ccc(Cl)c(F)c23)C1. The molecule has 0 spiro atoms. The van der Waals surface area contributed by atoms with E-state index in [9.17, 15) is 9.18 Å². The van der Waals surface area contributed by atoms with Crippen LogP contribution in [0.4, 0.5) is 4.39 Å². The lowest BCUT2D eigenvalue weighted by Crippen LogP contribution is -2.35. The third-order valence-electron chi connectivity index (χ3n) is 4.39. The monoisotopic (exact) mass is 362 g/mol. The highest BCUT2D eigenvalue weighted by Gasteiger charge is 2.26. The summed E-state index contributed by atoms with van der Waals surface area (Å²) in [6.45, 7) is 0.934. The van der Waals surface area contributed by atoms with E-state index in [0.29, 0.717) is 41.0 Å². The van der Waals surface area contributed by atoms with Crippen LogP contribution in [0.3, 0.4) is 0 Å². The lowest BCUT2D eigenvalue weighted by Gasteiger charge is -2.27. The lowest BCUT2D eigenvalue weighted by molar-refractivity contribution is 0.0733. The number of fused-ring (bicyclic) bond motifs is 3. The second kappa shape index (κ2) is 5.80. The quantitative estimate of drug-likeness (QED) is 0.662. The van der Waals surface area contributed by atoms with Crippen LogP contribution in [0.5, 0.6) is 0 Å². The highest BCUT2D eigenvalue weighted by molar-refractivity contribution is 6.31. The molecule has 0 bridgehead atoms. The third-order valence-corrected chi connectivity index (χ3v) is 4.91. The summed E-state index contributed by atoms with van der Waals surface area (Å²) in [6.07, 6.45) is 0.582. The molecule has 1 N–H and O–H groups in total. The fourth-order valence-corrected chi connectivity index (χ4v) is 3.59. The van der Waals surface area contributed by atoms with Gasteiger partial charge in [-0.3, -0.25) is 4.79 Å². The molecule has 1 aliphatic heterocycles. The molecule has 3 nitrogen and oxygen atoms in total. The van der Waals surface area contributed by atoms with Crippen LogP contribution in [0.15, 0.2) is 36.4 Å². The van der Waals surface area contributed by atoms with Crippen LogP contribution in [0.1, 0.15) is 21.6 Å². The Balaban J connectivity index is 1.69. The van der Waals surface area contributed by atoms with Crippen molar-refractivity contribution in [3.63, 3.8) is 0 Å². The predicted octanol–water partition coefficient (Wildman–Crippen LogP) is 4.81. The van der Waals surface area contributed by atoms with Crippen LogP contribution in [0.2, 0.25) is 10.0 Å². The average Bonchev–Trinajstić information content (AvgIpc) is 2.95. The van der Waals surface area contributed by atoms with Gasteiger partial charge in [0.15, 0.2) is 5.82 Å². The number of carbonyl (C=O) groups is 1. The molecule has 1 amide bonds. The standard InChI is InChI=1S/C18H13Cl2FN2O/c19-11-3-1-2-10(8-11)18(24)23-7-6-12-15(9-23)22-14-5-4-13(20)17(21)16(12)14/h1-5,8,22H,6-7,9H2. The van der Waals surface area contributed by atoms with Gasteiger partial charge in [-0.2, -0.15) is 0 Å². The number of amides is 1. The second-order valence-electron chi connectivity index (χ2n) is 5.85. The Morgan fingerprint density at radius 2 is 2.04 bits per heavy atom. The molecule has 0 aliphatic carbocycles. The number of carbonyl (C=O) groups excluding carboxylic acids is 1. The molecule has 0 unspecified atom stereocenters. The summed E-state index contributed by atoms with van der Waals surface area (Å²) in [5, 5.41) is 1.18. The molecular weight excluding hydrogens is 350 g/mol. The topological polar surface area (TPSA) is 36.1 Å². The molecular formula is C18H13Cl2FN2O. The van der Waals surface area contributed by atoms with Gasteiger partial charge in [-0.15, -0.1) is 0 Å². The Morgan fingerprint density at radius 3 is 2.83 bits per heavy atom. The number of benzene rings is 2. The van der Waals surface area contributed by atoms with Crippen molar-refractivity contribution in [2.24, 2.45) is 0 Å². The minimum absolute atomic E-state index is 0.0830. The molecule has 2 aromatic carbocycles. The molecule has 2 heterocycles. The number of aromatic amines is 1. The maximum Gasteiger partial charge on any atom is 0.254 e. The van der Waals surface area contributed by atoms with Crippen molar-refractivity contribution in [2.75, 3.05) is 6.54 Å². The number of H-pyrrole nitrogens is 1. The summed E-state index contributed by atoms with van der Waals surface area (Å²) in [6, 6.07) is 10.2. The number of hydrogen-bond acceptors (Lipinski definition) is 1. The molecule has 1 aromatic heterocycles. The van der Waals surface area contributed by atoms with Gasteiger partial charge in [0.25, 0.3) is 5.91 Å². The van der Waals surface area contributed by atoms with E-state index in [1.54, 1.807) is 35.2 Å². The van der Waals surface area contributed by atoms with Gasteiger partial charge >= 0.3 is 0 Å². The zero-order chi connectivity index (χ0) is 16.8. The Kier molecular flexibility index (Phi) is 3.74. The van der Waals surface area contributed by atoms with Crippen molar-refractivity contribution in [3.8, 4) is 0 Å². The summed E-state index contributed by atoms with van der Waals surface area (Å²) in [5.74, 6) is -0.485. The second-order valence-corrected chi connectivity index (χ2v) is 6.70. The lowest BCUT2D eigenvalue weighted by atomic mass is 10.0. The van der Waals surface area contributed by atoms with E-state index >= 15 is 0 Å². The smallest absolute Gasteiger partial charge is 0.254 e. The Hall–Kier alpha value is -2.04. The van der Waals surface area contributed by atoms with E-state index in [1.807, 2.05) is 0 Å². The minimum atomic E-state index is -0.402. The maximum atomic E-state index is 14.3. The molecule has 0 fully saturated rings. The number of rotatable bonds is 1.